The molecule has 1 aromatic heterocycles. The fraction of sp³-hybridized carbons (Fsp3) is 0.353. The highest BCUT2D eigenvalue weighted by Crippen LogP contribution is 2.20. The third-order valence-corrected chi connectivity index (χ3v) is 4.64. The first kappa shape index (κ1) is 15.7. The second-order valence-electron chi connectivity index (χ2n) is 5.70. The Morgan fingerprint density at radius 1 is 1.17 bits per heavy atom. The average Bonchev–Trinajstić information content (AvgIpc) is 3.20. The van der Waals surface area contributed by atoms with Gasteiger partial charge >= 0.3 is 0 Å². The van der Waals surface area contributed by atoms with Gasteiger partial charge in [0.05, 0.1) is 6.42 Å². The first-order chi connectivity index (χ1) is 11.2. The average molecular weight is 329 g/mol. The van der Waals surface area contributed by atoms with Gasteiger partial charge in [-0.25, -0.2) is 4.98 Å². The smallest absolute Gasteiger partial charge is 0.271 e. The van der Waals surface area contributed by atoms with E-state index < -0.39 is 0 Å². The van der Waals surface area contributed by atoms with Crippen molar-refractivity contribution in [3.8, 4) is 0 Å². The van der Waals surface area contributed by atoms with E-state index in [-0.39, 0.29) is 17.9 Å². The molecule has 1 saturated carbocycles. The van der Waals surface area contributed by atoms with E-state index in [2.05, 4.69) is 15.6 Å². The molecule has 6 heteroatoms. The molecule has 5 nitrogen and oxygen atoms in total. The number of hydrogen-bond acceptors (Lipinski definition) is 4. The van der Waals surface area contributed by atoms with Crippen LogP contribution < -0.4 is 10.6 Å². The van der Waals surface area contributed by atoms with Gasteiger partial charge in [0.1, 0.15) is 5.69 Å². The minimum absolute atomic E-state index is 0.131. The summed E-state index contributed by atoms with van der Waals surface area (Å²) in [5, 5.41) is 7.89. The topological polar surface area (TPSA) is 71.1 Å². The van der Waals surface area contributed by atoms with Gasteiger partial charge in [-0.15, -0.1) is 11.3 Å². The van der Waals surface area contributed by atoms with Crippen LogP contribution in [0.1, 0.15) is 41.7 Å². The summed E-state index contributed by atoms with van der Waals surface area (Å²) in [4.78, 5) is 28.3. The van der Waals surface area contributed by atoms with Gasteiger partial charge in [-0.3, -0.25) is 9.59 Å². The number of anilines is 1. The van der Waals surface area contributed by atoms with Crippen molar-refractivity contribution in [1.29, 1.82) is 0 Å². The molecule has 1 aliphatic rings. The van der Waals surface area contributed by atoms with Crippen LogP contribution in [0.15, 0.2) is 35.7 Å². The van der Waals surface area contributed by atoms with Gasteiger partial charge in [-0.1, -0.05) is 43.2 Å². The quantitative estimate of drug-likeness (QED) is 0.886. The lowest BCUT2D eigenvalue weighted by Crippen LogP contribution is -2.32. The minimum Gasteiger partial charge on any atom is -0.348 e. The van der Waals surface area contributed by atoms with E-state index in [4.69, 9.17) is 0 Å². The Labute approximate surface area is 139 Å². The normalized spacial score (nSPS) is 14.6. The first-order valence-corrected chi connectivity index (χ1v) is 8.69. The molecule has 2 amide bonds. The number of amides is 2. The van der Waals surface area contributed by atoms with Gasteiger partial charge in [0, 0.05) is 11.4 Å². The number of nitrogens with one attached hydrogen (secondary N) is 2. The first-order valence-electron chi connectivity index (χ1n) is 7.81. The largest absolute Gasteiger partial charge is 0.348 e. The van der Waals surface area contributed by atoms with Crippen LogP contribution in [0, 0.1) is 0 Å². The molecule has 23 heavy (non-hydrogen) atoms. The molecule has 0 bridgehead atoms. The predicted molar refractivity (Wildman–Crippen MR) is 90.6 cm³/mol. The van der Waals surface area contributed by atoms with Crippen molar-refractivity contribution < 1.29 is 9.59 Å². The van der Waals surface area contributed by atoms with Crippen molar-refractivity contribution in [3.05, 3.63) is 47.0 Å². The molecule has 0 spiro atoms. The van der Waals surface area contributed by atoms with E-state index in [1.54, 1.807) is 5.38 Å². The van der Waals surface area contributed by atoms with Crippen LogP contribution in [0.5, 0.6) is 0 Å². The Hall–Kier alpha value is -2.21. The molecule has 2 N–H and O–H groups in total. The zero-order valence-electron chi connectivity index (χ0n) is 12.7. The van der Waals surface area contributed by atoms with E-state index in [0.717, 1.165) is 18.4 Å². The molecule has 0 unspecified atom stereocenters. The Morgan fingerprint density at radius 3 is 2.65 bits per heavy atom. The lowest BCUT2D eigenvalue weighted by molar-refractivity contribution is -0.115. The van der Waals surface area contributed by atoms with Gasteiger partial charge in [0.15, 0.2) is 5.13 Å². The molecule has 1 aliphatic carbocycles. The molecule has 0 radical (unpaired) electrons. The van der Waals surface area contributed by atoms with E-state index in [9.17, 15) is 9.59 Å². The second kappa shape index (κ2) is 7.37. The van der Waals surface area contributed by atoms with E-state index >= 15 is 0 Å². The molecule has 1 heterocycles. The number of aromatic nitrogens is 1. The molecule has 0 atom stereocenters. The third kappa shape index (κ3) is 4.39. The van der Waals surface area contributed by atoms with Gasteiger partial charge in [-0.05, 0) is 18.4 Å². The molecular formula is C17H19N3O2S. The van der Waals surface area contributed by atoms with Gasteiger partial charge in [-0.2, -0.15) is 0 Å². The van der Waals surface area contributed by atoms with Crippen LogP contribution in [0.3, 0.4) is 0 Å². The maximum absolute atomic E-state index is 12.1. The second-order valence-corrected chi connectivity index (χ2v) is 6.56. The zero-order valence-corrected chi connectivity index (χ0v) is 13.6. The van der Waals surface area contributed by atoms with E-state index in [0.29, 0.717) is 17.2 Å². The van der Waals surface area contributed by atoms with E-state index in [1.807, 2.05) is 30.3 Å². The standard InChI is InChI=1S/C17H19N3O2S/c21-15(10-12-6-2-1-3-7-12)20-17-19-14(11-23-17)16(22)18-13-8-4-5-9-13/h1-3,6-7,11,13H,4-5,8-10H2,(H,18,22)(H,19,20,21). The number of benzene rings is 1. The van der Waals surface area contributed by atoms with Crippen LogP contribution >= 0.6 is 11.3 Å². The SMILES string of the molecule is O=C(Cc1ccccc1)Nc1nc(C(=O)NC2CCCC2)cs1. The summed E-state index contributed by atoms with van der Waals surface area (Å²) in [5.41, 5.74) is 1.32. The van der Waals surface area contributed by atoms with Crippen molar-refractivity contribution in [2.24, 2.45) is 0 Å². The van der Waals surface area contributed by atoms with Crippen molar-refractivity contribution in [3.63, 3.8) is 0 Å². The fourth-order valence-corrected chi connectivity index (χ4v) is 3.42. The maximum Gasteiger partial charge on any atom is 0.271 e. The Bertz CT molecular complexity index is 678. The summed E-state index contributed by atoms with van der Waals surface area (Å²) in [6.45, 7) is 0. The number of carbonyl (C=O) groups is 2. The third-order valence-electron chi connectivity index (χ3n) is 3.88. The maximum atomic E-state index is 12.1. The summed E-state index contributed by atoms with van der Waals surface area (Å²) in [6, 6.07) is 9.79. The number of thiazole rings is 1. The van der Waals surface area contributed by atoms with Gasteiger partial charge in [0.25, 0.3) is 5.91 Å². The fourth-order valence-electron chi connectivity index (χ4n) is 2.71. The minimum atomic E-state index is -0.156. The number of carbonyl (C=O) groups excluding carboxylic acids is 2. The Morgan fingerprint density at radius 2 is 1.91 bits per heavy atom. The number of nitrogens with zero attached hydrogens (tertiary/aromatic N) is 1. The van der Waals surface area contributed by atoms with Crippen molar-refractivity contribution >= 4 is 28.3 Å². The van der Waals surface area contributed by atoms with Crippen LogP contribution in [-0.4, -0.2) is 22.8 Å². The molecule has 1 aromatic carbocycles. The highest BCUT2D eigenvalue weighted by molar-refractivity contribution is 7.14. The van der Waals surface area contributed by atoms with Gasteiger partial charge < -0.3 is 10.6 Å². The Balaban J connectivity index is 1.54. The molecule has 0 saturated heterocycles. The molecule has 120 valence electrons. The van der Waals surface area contributed by atoms with Crippen LogP contribution in [0.2, 0.25) is 0 Å². The predicted octanol–water partition coefficient (Wildman–Crippen LogP) is 3.00. The molecular weight excluding hydrogens is 310 g/mol. The lowest BCUT2D eigenvalue weighted by Gasteiger charge is -2.09. The monoisotopic (exact) mass is 329 g/mol. The van der Waals surface area contributed by atoms with Gasteiger partial charge in [0.2, 0.25) is 5.91 Å². The zero-order chi connectivity index (χ0) is 16.1. The summed E-state index contributed by atoms with van der Waals surface area (Å²) in [5.74, 6) is -0.287. The molecule has 3 rings (SSSR count). The molecule has 1 fully saturated rings. The summed E-state index contributed by atoms with van der Waals surface area (Å²) < 4.78 is 0. The van der Waals surface area contributed by atoms with Crippen LogP contribution in [0.4, 0.5) is 5.13 Å². The summed E-state index contributed by atoms with van der Waals surface area (Å²) in [6.07, 6.45) is 4.71. The Kier molecular flexibility index (Phi) is 5.02. The van der Waals surface area contributed by atoms with Crippen LogP contribution in [-0.2, 0) is 11.2 Å². The van der Waals surface area contributed by atoms with E-state index in [1.165, 1.54) is 24.2 Å². The van der Waals surface area contributed by atoms with Crippen molar-refractivity contribution in [2.45, 2.75) is 38.1 Å². The summed E-state index contributed by atoms with van der Waals surface area (Å²) in [7, 11) is 0. The van der Waals surface area contributed by atoms with Crippen molar-refractivity contribution in [2.75, 3.05) is 5.32 Å². The lowest BCUT2D eigenvalue weighted by atomic mass is 10.1. The number of hydrogen-bond donors (Lipinski definition) is 2. The molecule has 2 aromatic rings. The summed E-state index contributed by atoms with van der Waals surface area (Å²) >= 11 is 1.27. The number of rotatable bonds is 5. The van der Waals surface area contributed by atoms with Crippen LogP contribution in [0.25, 0.3) is 0 Å². The molecule has 0 aliphatic heterocycles. The highest BCUT2D eigenvalue weighted by Gasteiger charge is 2.19. The highest BCUT2D eigenvalue weighted by atomic mass is 32.1. The van der Waals surface area contributed by atoms with Crippen molar-refractivity contribution in [1.82, 2.24) is 10.3 Å².